The van der Waals surface area contributed by atoms with Crippen molar-refractivity contribution in [2.45, 2.75) is 56.6 Å². The van der Waals surface area contributed by atoms with Crippen molar-refractivity contribution in [1.29, 1.82) is 0 Å². The number of alkyl carbamates (subject to hydrolysis) is 1. The molecular weight excluding hydrogens is 478 g/mol. The first-order valence-corrected chi connectivity index (χ1v) is 11.6. The SMILES string of the molecule is CNCCCC(=O)Cc1cc(COC(=O)NCCNC)ccc1OC1OC(C(=O)O)[C@H](O)C(O)[C@@H]1O. The number of nitrogens with one attached hydrogen (secondary N) is 3. The standard InChI is InChI=1S/C23H35N3O10/c1-24-7-3-4-15(27)11-14-10-13(12-34-23(33)26-9-8-25-2)5-6-16(14)35-22-19(30)17(28)18(29)20(36-22)21(31)32/h5-6,10,17-20,22,24-25,28-30H,3-4,7-9,11-12H2,1-2H3,(H,26,33)(H,31,32)/t17?,18-,19+,20?,22?/m1/s1. The summed E-state index contributed by atoms with van der Waals surface area (Å²) in [4.78, 5) is 35.7. The van der Waals surface area contributed by atoms with E-state index < -0.39 is 42.8 Å². The third kappa shape index (κ3) is 8.69. The number of aliphatic hydroxyl groups excluding tert-OH is 3. The average molecular weight is 514 g/mol. The van der Waals surface area contributed by atoms with Crippen LogP contribution in [0.5, 0.6) is 5.75 Å². The quantitative estimate of drug-likeness (QED) is 0.143. The number of ketones is 1. The van der Waals surface area contributed by atoms with E-state index in [-0.39, 0.29) is 24.6 Å². The number of Topliss-reactive ketones (excluding diaryl/α,β-unsaturated/α-hetero) is 1. The molecule has 1 aliphatic rings. The third-order valence-corrected chi connectivity index (χ3v) is 5.47. The van der Waals surface area contributed by atoms with Crippen LogP contribution in [0.2, 0.25) is 0 Å². The number of hydrogen-bond acceptors (Lipinski definition) is 11. The lowest BCUT2D eigenvalue weighted by Crippen LogP contribution is -2.61. The van der Waals surface area contributed by atoms with Gasteiger partial charge in [0.2, 0.25) is 6.29 Å². The Labute approximate surface area is 208 Å². The predicted octanol–water partition coefficient (Wildman–Crippen LogP) is -1.49. The highest BCUT2D eigenvalue weighted by Gasteiger charge is 2.48. The highest BCUT2D eigenvalue weighted by Crippen LogP contribution is 2.28. The maximum Gasteiger partial charge on any atom is 0.407 e. The van der Waals surface area contributed by atoms with Gasteiger partial charge in [-0.2, -0.15) is 0 Å². The van der Waals surface area contributed by atoms with Gasteiger partial charge in [0.15, 0.2) is 6.10 Å². The van der Waals surface area contributed by atoms with Crippen LogP contribution in [0.4, 0.5) is 4.79 Å². The number of aliphatic hydroxyl groups is 3. The average Bonchev–Trinajstić information content (AvgIpc) is 2.84. The summed E-state index contributed by atoms with van der Waals surface area (Å²) in [6.45, 7) is 1.53. The van der Waals surface area contributed by atoms with Gasteiger partial charge in [-0.3, -0.25) is 4.79 Å². The number of carboxylic acid groups (broad SMARTS) is 1. The molecule has 1 aromatic rings. The van der Waals surface area contributed by atoms with Gasteiger partial charge < -0.3 is 50.6 Å². The molecule has 1 amide bonds. The minimum absolute atomic E-state index is 0.0440. The second-order valence-corrected chi connectivity index (χ2v) is 8.32. The number of carbonyl (C=O) groups is 3. The van der Waals surface area contributed by atoms with Gasteiger partial charge in [0, 0.05) is 31.5 Å². The molecule has 0 bridgehead atoms. The zero-order valence-corrected chi connectivity index (χ0v) is 20.3. The van der Waals surface area contributed by atoms with Crippen molar-refractivity contribution in [3.63, 3.8) is 0 Å². The second kappa shape index (κ2) is 14.7. The van der Waals surface area contributed by atoms with E-state index in [0.29, 0.717) is 43.6 Å². The van der Waals surface area contributed by atoms with Gasteiger partial charge in [-0.1, -0.05) is 6.07 Å². The second-order valence-electron chi connectivity index (χ2n) is 8.32. The van der Waals surface area contributed by atoms with E-state index in [2.05, 4.69) is 16.0 Å². The topological polar surface area (TPSA) is 196 Å². The Hall–Kier alpha value is -2.81. The molecule has 5 atom stereocenters. The van der Waals surface area contributed by atoms with Crippen LogP contribution in [0, 0.1) is 0 Å². The Balaban J connectivity index is 2.19. The van der Waals surface area contributed by atoms with Crippen molar-refractivity contribution in [2.75, 3.05) is 33.7 Å². The minimum Gasteiger partial charge on any atom is -0.479 e. The smallest absolute Gasteiger partial charge is 0.407 e. The fourth-order valence-corrected chi connectivity index (χ4v) is 3.50. The summed E-state index contributed by atoms with van der Waals surface area (Å²) in [5.41, 5.74) is 0.956. The molecule has 0 saturated carbocycles. The summed E-state index contributed by atoms with van der Waals surface area (Å²) < 4.78 is 16.0. The molecule has 202 valence electrons. The fraction of sp³-hybridized carbons (Fsp3) is 0.609. The molecule has 1 aliphatic heterocycles. The highest BCUT2D eigenvalue weighted by molar-refractivity contribution is 5.81. The first kappa shape index (κ1) is 29.4. The maximum atomic E-state index is 12.5. The molecule has 7 N–H and O–H groups in total. The summed E-state index contributed by atoms with van der Waals surface area (Å²) in [5.74, 6) is -1.53. The number of ether oxygens (including phenoxy) is 3. The number of carboxylic acids is 1. The molecule has 2 rings (SSSR count). The molecule has 1 aromatic carbocycles. The molecule has 3 unspecified atom stereocenters. The molecule has 0 spiro atoms. The summed E-state index contributed by atoms with van der Waals surface area (Å²) in [6.07, 6.45) is -8.62. The number of hydrogen-bond donors (Lipinski definition) is 7. The van der Waals surface area contributed by atoms with Gasteiger partial charge in [-0.25, -0.2) is 9.59 Å². The highest BCUT2D eigenvalue weighted by atomic mass is 16.7. The molecule has 13 heteroatoms. The molecule has 1 fully saturated rings. The number of carbonyl (C=O) groups excluding carboxylic acids is 2. The van der Waals surface area contributed by atoms with Crippen LogP contribution in [-0.2, 0) is 32.1 Å². The third-order valence-electron chi connectivity index (χ3n) is 5.47. The zero-order chi connectivity index (χ0) is 26.7. The number of benzene rings is 1. The first-order chi connectivity index (χ1) is 17.2. The van der Waals surface area contributed by atoms with E-state index in [9.17, 15) is 34.8 Å². The first-order valence-electron chi connectivity index (χ1n) is 11.6. The monoisotopic (exact) mass is 513 g/mol. The van der Waals surface area contributed by atoms with Gasteiger partial charge in [-0.05, 0) is 44.8 Å². The molecule has 1 saturated heterocycles. The number of rotatable bonds is 14. The lowest BCUT2D eigenvalue weighted by atomic mass is 9.98. The van der Waals surface area contributed by atoms with Crippen LogP contribution < -0.4 is 20.7 Å². The van der Waals surface area contributed by atoms with Crippen LogP contribution in [0.3, 0.4) is 0 Å². The largest absolute Gasteiger partial charge is 0.479 e. The predicted molar refractivity (Wildman–Crippen MR) is 125 cm³/mol. The molecule has 36 heavy (non-hydrogen) atoms. The van der Waals surface area contributed by atoms with Gasteiger partial charge >= 0.3 is 12.1 Å². The molecule has 0 aliphatic carbocycles. The molecule has 13 nitrogen and oxygen atoms in total. The Morgan fingerprint density at radius 3 is 2.39 bits per heavy atom. The Morgan fingerprint density at radius 2 is 1.72 bits per heavy atom. The number of likely N-dealkylation sites (N-methyl/N-ethyl adjacent to an activating group) is 1. The van der Waals surface area contributed by atoms with E-state index in [4.69, 9.17) is 14.2 Å². The van der Waals surface area contributed by atoms with Crippen molar-refractivity contribution in [3.05, 3.63) is 29.3 Å². The van der Waals surface area contributed by atoms with Crippen LogP contribution >= 0.6 is 0 Å². The van der Waals surface area contributed by atoms with E-state index in [0.717, 1.165) is 0 Å². The van der Waals surface area contributed by atoms with Gasteiger partial charge in [0.1, 0.15) is 36.5 Å². The number of aliphatic carboxylic acids is 1. The Bertz CT molecular complexity index is 884. The van der Waals surface area contributed by atoms with Gasteiger partial charge in [0.05, 0.1) is 0 Å². The molecule has 1 heterocycles. The van der Waals surface area contributed by atoms with E-state index in [1.54, 1.807) is 26.2 Å². The normalized spacial score (nSPS) is 23.6. The molecule has 0 radical (unpaired) electrons. The van der Waals surface area contributed by atoms with Crippen LogP contribution in [-0.4, -0.2) is 103 Å². The van der Waals surface area contributed by atoms with Crippen LogP contribution in [0.25, 0.3) is 0 Å². The summed E-state index contributed by atoms with van der Waals surface area (Å²) in [7, 11) is 3.53. The van der Waals surface area contributed by atoms with Crippen molar-refractivity contribution in [1.82, 2.24) is 16.0 Å². The van der Waals surface area contributed by atoms with Gasteiger partial charge in [0.25, 0.3) is 0 Å². The molecular formula is C23H35N3O10. The van der Waals surface area contributed by atoms with E-state index in [1.165, 1.54) is 6.07 Å². The Morgan fingerprint density at radius 1 is 1.00 bits per heavy atom. The van der Waals surface area contributed by atoms with Crippen molar-refractivity contribution < 1.29 is 49.0 Å². The minimum atomic E-state index is -1.86. The van der Waals surface area contributed by atoms with E-state index >= 15 is 0 Å². The Kier molecular flexibility index (Phi) is 12.0. The maximum absolute atomic E-state index is 12.5. The zero-order valence-electron chi connectivity index (χ0n) is 20.3. The lowest BCUT2D eigenvalue weighted by molar-refractivity contribution is -0.271. The lowest BCUT2D eigenvalue weighted by Gasteiger charge is -2.38. The van der Waals surface area contributed by atoms with E-state index in [1.807, 2.05) is 0 Å². The van der Waals surface area contributed by atoms with Crippen LogP contribution in [0.1, 0.15) is 24.0 Å². The van der Waals surface area contributed by atoms with Crippen molar-refractivity contribution in [2.24, 2.45) is 0 Å². The van der Waals surface area contributed by atoms with Crippen molar-refractivity contribution >= 4 is 17.8 Å². The van der Waals surface area contributed by atoms with Crippen LogP contribution in [0.15, 0.2) is 18.2 Å². The summed E-state index contributed by atoms with van der Waals surface area (Å²) >= 11 is 0. The van der Waals surface area contributed by atoms with Gasteiger partial charge in [-0.15, -0.1) is 0 Å². The van der Waals surface area contributed by atoms with Crippen molar-refractivity contribution in [3.8, 4) is 5.75 Å². The number of amides is 1. The summed E-state index contributed by atoms with van der Waals surface area (Å²) in [5, 5.41) is 47.9. The summed E-state index contributed by atoms with van der Waals surface area (Å²) in [6, 6.07) is 4.64. The molecule has 0 aromatic heterocycles. The fourth-order valence-electron chi connectivity index (χ4n) is 3.50.